The molecule has 1 unspecified atom stereocenters. The van der Waals surface area contributed by atoms with E-state index >= 15 is 0 Å². The Morgan fingerprint density at radius 3 is 3.12 bits per heavy atom. The maximum Gasteiger partial charge on any atom is 0.226 e. The first-order valence-electron chi connectivity index (χ1n) is 9.17. The third-order valence-corrected chi connectivity index (χ3v) is 5.59. The molecule has 5 heteroatoms. The number of hydrogen-bond donors (Lipinski definition) is 2. The summed E-state index contributed by atoms with van der Waals surface area (Å²) in [6.45, 7) is 5.99. The van der Waals surface area contributed by atoms with Crippen LogP contribution < -0.4 is 15.0 Å². The van der Waals surface area contributed by atoms with E-state index in [9.17, 15) is 4.79 Å². The van der Waals surface area contributed by atoms with Gasteiger partial charge in [0.25, 0.3) is 0 Å². The summed E-state index contributed by atoms with van der Waals surface area (Å²) >= 11 is 6.03. The molecule has 0 aliphatic carbocycles. The van der Waals surface area contributed by atoms with Crippen LogP contribution in [0.25, 0.3) is 0 Å². The van der Waals surface area contributed by atoms with Gasteiger partial charge in [0.1, 0.15) is 12.4 Å². The van der Waals surface area contributed by atoms with E-state index in [2.05, 4.69) is 12.2 Å². The second-order valence-corrected chi connectivity index (χ2v) is 7.60. The molecule has 2 aliphatic heterocycles. The number of piperidine rings is 1. The van der Waals surface area contributed by atoms with Gasteiger partial charge in [-0.1, -0.05) is 11.6 Å². The quantitative estimate of drug-likeness (QED) is 0.795. The number of rotatable bonds is 5. The van der Waals surface area contributed by atoms with Gasteiger partial charge in [-0.05, 0) is 56.4 Å². The first-order valence-corrected chi connectivity index (χ1v) is 9.55. The van der Waals surface area contributed by atoms with Crippen LogP contribution in [0.4, 0.5) is 0 Å². The first-order chi connectivity index (χ1) is 11.6. The van der Waals surface area contributed by atoms with Crippen LogP contribution in [0.1, 0.15) is 38.2 Å². The Bertz CT molecular complexity index is 578. The third kappa shape index (κ3) is 4.42. The van der Waals surface area contributed by atoms with Gasteiger partial charge >= 0.3 is 0 Å². The fourth-order valence-corrected chi connectivity index (χ4v) is 4.02. The van der Waals surface area contributed by atoms with Crippen LogP contribution >= 0.6 is 11.6 Å². The second-order valence-electron chi connectivity index (χ2n) is 7.16. The topological polar surface area (TPSA) is 42.8 Å². The molecule has 0 spiro atoms. The monoisotopic (exact) mass is 351 g/mol. The first kappa shape index (κ1) is 17.6. The molecule has 2 N–H and O–H groups in total. The molecule has 2 aliphatic rings. The number of hydrogen-bond acceptors (Lipinski definition) is 2. The Kier molecular flexibility index (Phi) is 6.01. The van der Waals surface area contributed by atoms with E-state index in [4.69, 9.17) is 16.3 Å². The van der Waals surface area contributed by atoms with Crippen LogP contribution in [0.5, 0.6) is 5.75 Å². The lowest BCUT2D eigenvalue weighted by atomic mass is 9.96. The van der Waals surface area contributed by atoms with Crippen molar-refractivity contribution in [3.05, 3.63) is 28.8 Å². The molecule has 0 aromatic heterocycles. The fourth-order valence-electron chi connectivity index (χ4n) is 3.83. The molecule has 1 saturated heterocycles. The van der Waals surface area contributed by atoms with Crippen molar-refractivity contribution in [3.8, 4) is 5.75 Å². The molecule has 1 aromatic rings. The largest absolute Gasteiger partial charge is 0.492 e. The predicted octanol–water partition coefficient (Wildman–Crippen LogP) is 1.85. The molecule has 0 radical (unpaired) electrons. The summed E-state index contributed by atoms with van der Waals surface area (Å²) in [5, 5.41) is 3.78. The summed E-state index contributed by atoms with van der Waals surface area (Å²) in [6.07, 6.45) is 5.79. The van der Waals surface area contributed by atoms with Gasteiger partial charge in [-0.15, -0.1) is 0 Å². The van der Waals surface area contributed by atoms with Gasteiger partial charge in [-0.25, -0.2) is 0 Å². The van der Waals surface area contributed by atoms with Crippen molar-refractivity contribution in [1.29, 1.82) is 0 Å². The minimum atomic E-state index is -0.114. The number of ether oxygens (including phenoxy) is 1. The zero-order chi connectivity index (χ0) is 16.9. The second kappa shape index (κ2) is 8.21. The Labute approximate surface area is 149 Å². The number of quaternary nitrogens is 1. The van der Waals surface area contributed by atoms with E-state index < -0.39 is 0 Å². The molecular formula is C19H28ClN2O2+. The molecule has 1 fully saturated rings. The van der Waals surface area contributed by atoms with Crippen LogP contribution in [-0.4, -0.2) is 38.2 Å². The molecule has 1 amide bonds. The van der Waals surface area contributed by atoms with Crippen molar-refractivity contribution < 1.29 is 14.4 Å². The van der Waals surface area contributed by atoms with Crippen LogP contribution in [0.2, 0.25) is 5.02 Å². The maximum absolute atomic E-state index is 12.4. The summed E-state index contributed by atoms with van der Waals surface area (Å²) in [5.74, 6) is 0.839. The normalized spacial score (nSPS) is 26.3. The van der Waals surface area contributed by atoms with Gasteiger partial charge in [-0.2, -0.15) is 0 Å². The van der Waals surface area contributed by atoms with E-state index in [1.807, 2.05) is 18.2 Å². The SMILES string of the molecule is C[C@H]1CCCC[NH+]1CCCNC(=O)[C@H]1COc2ccc(Cl)cc2C1. The highest BCUT2D eigenvalue weighted by molar-refractivity contribution is 6.30. The number of halogens is 1. The number of likely N-dealkylation sites (tertiary alicyclic amines) is 1. The summed E-state index contributed by atoms with van der Waals surface area (Å²) in [6, 6.07) is 6.37. The zero-order valence-corrected chi connectivity index (χ0v) is 15.2. The van der Waals surface area contributed by atoms with Crippen LogP contribution in [-0.2, 0) is 11.2 Å². The number of carbonyl (C=O) groups is 1. The van der Waals surface area contributed by atoms with Gasteiger partial charge in [0.15, 0.2) is 0 Å². The standard InChI is InChI=1S/C19H27ClN2O2/c1-14-5-2-3-9-22(14)10-4-8-21-19(23)16-11-15-12-17(20)6-7-18(15)24-13-16/h6-7,12,14,16H,2-5,8-11,13H2,1H3,(H,21,23)/p+1/t14-,16+/m0/s1. The van der Waals surface area contributed by atoms with Crippen molar-refractivity contribution in [2.45, 2.75) is 45.1 Å². The molecule has 3 rings (SSSR count). The lowest BCUT2D eigenvalue weighted by molar-refractivity contribution is -0.928. The average molecular weight is 352 g/mol. The Morgan fingerprint density at radius 2 is 2.29 bits per heavy atom. The Balaban J connectivity index is 1.41. The molecule has 24 heavy (non-hydrogen) atoms. The zero-order valence-electron chi connectivity index (χ0n) is 14.4. The molecule has 0 bridgehead atoms. The van der Waals surface area contributed by atoms with Crippen molar-refractivity contribution in [3.63, 3.8) is 0 Å². The molecule has 0 saturated carbocycles. The van der Waals surface area contributed by atoms with Crippen molar-refractivity contribution in [2.24, 2.45) is 5.92 Å². The lowest BCUT2D eigenvalue weighted by Gasteiger charge is -2.30. The molecule has 132 valence electrons. The van der Waals surface area contributed by atoms with Gasteiger partial charge < -0.3 is 15.0 Å². The average Bonchev–Trinajstić information content (AvgIpc) is 2.59. The van der Waals surface area contributed by atoms with E-state index in [0.717, 1.165) is 36.9 Å². The number of benzene rings is 1. The van der Waals surface area contributed by atoms with E-state index in [1.165, 1.54) is 25.8 Å². The van der Waals surface area contributed by atoms with Crippen LogP contribution in [0.3, 0.4) is 0 Å². The molecule has 4 nitrogen and oxygen atoms in total. The molecular weight excluding hydrogens is 324 g/mol. The van der Waals surface area contributed by atoms with Gasteiger partial charge in [0.05, 0.1) is 25.0 Å². The molecule has 1 aromatic carbocycles. The number of nitrogens with one attached hydrogen (secondary N) is 2. The highest BCUT2D eigenvalue weighted by Gasteiger charge is 2.26. The maximum atomic E-state index is 12.4. The van der Waals surface area contributed by atoms with Crippen LogP contribution in [0.15, 0.2) is 18.2 Å². The highest BCUT2D eigenvalue weighted by Crippen LogP contribution is 2.29. The number of carbonyl (C=O) groups excluding carboxylic acids is 1. The predicted molar refractivity (Wildman–Crippen MR) is 95.8 cm³/mol. The number of amides is 1. The summed E-state index contributed by atoms with van der Waals surface area (Å²) < 4.78 is 5.70. The minimum Gasteiger partial charge on any atom is -0.492 e. The van der Waals surface area contributed by atoms with Gasteiger partial charge in [0.2, 0.25) is 5.91 Å². The Hall–Kier alpha value is -1.26. The summed E-state index contributed by atoms with van der Waals surface area (Å²) in [5.41, 5.74) is 1.03. The number of fused-ring (bicyclic) bond motifs is 1. The van der Waals surface area contributed by atoms with Gasteiger partial charge in [-0.3, -0.25) is 4.79 Å². The third-order valence-electron chi connectivity index (χ3n) is 5.36. The van der Waals surface area contributed by atoms with Crippen molar-refractivity contribution in [2.75, 3.05) is 26.2 Å². The summed E-state index contributed by atoms with van der Waals surface area (Å²) in [4.78, 5) is 14.1. The van der Waals surface area contributed by atoms with E-state index in [0.29, 0.717) is 18.1 Å². The summed E-state index contributed by atoms with van der Waals surface area (Å²) in [7, 11) is 0. The fraction of sp³-hybridized carbons (Fsp3) is 0.632. The van der Waals surface area contributed by atoms with Gasteiger partial charge in [0, 0.05) is 18.0 Å². The lowest BCUT2D eigenvalue weighted by Crippen LogP contribution is -3.16. The molecule has 2 heterocycles. The Morgan fingerprint density at radius 1 is 1.42 bits per heavy atom. The minimum absolute atomic E-state index is 0.0994. The van der Waals surface area contributed by atoms with E-state index in [-0.39, 0.29) is 11.8 Å². The highest BCUT2D eigenvalue weighted by atomic mass is 35.5. The van der Waals surface area contributed by atoms with Crippen molar-refractivity contribution in [1.82, 2.24) is 5.32 Å². The smallest absolute Gasteiger partial charge is 0.226 e. The van der Waals surface area contributed by atoms with E-state index in [1.54, 1.807) is 4.90 Å². The molecule has 3 atom stereocenters. The van der Waals surface area contributed by atoms with Crippen molar-refractivity contribution >= 4 is 17.5 Å². The van der Waals surface area contributed by atoms with Crippen LogP contribution in [0, 0.1) is 5.92 Å².